The van der Waals surface area contributed by atoms with Gasteiger partial charge in [-0.25, -0.2) is 4.98 Å². The summed E-state index contributed by atoms with van der Waals surface area (Å²) in [6, 6.07) is 9.35. The molecular weight excluding hydrogens is 356 g/mol. The van der Waals surface area contributed by atoms with Gasteiger partial charge < -0.3 is 0 Å². The van der Waals surface area contributed by atoms with Crippen LogP contribution in [-0.4, -0.2) is 28.3 Å². The minimum absolute atomic E-state index is 0.0390. The monoisotopic (exact) mass is 370 g/mol. The van der Waals surface area contributed by atoms with Gasteiger partial charge in [0.1, 0.15) is 0 Å². The highest BCUT2D eigenvalue weighted by Crippen LogP contribution is 2.39. The van der Waals surface area contributed by atoms with E-state index in [1.54, 1.807) is 11.8 Å². The standard InChI is InChI=1S/C17H14N4O2S2/c1-10-8-25-17(18-10)21-15(23)14(11(2)19-21)16-20(13(22)9-24-16)12-6-4-3-5-7-12/h3-8H,9H2,1-2H3/b16-14-. The fourth-order valence-electron chi connectivity index (χ4n) is 2.72. The summed E-state index contributed by atoms with van der Waals surface area (Å²) < 4.78 is 0. The van der Waals surface area contributed by atoms with Gasteiger partial charge in [-0.15, -0.1) is 11.3 Å². The molecule has 2 aromatic rings. The van der Waals surface area contributed by atoms with Gasteiger partial charge in [-0.3, -0.25) is 14.5 Å². The largest absolute Gasteiger partial charge is 0.285 e. The lowest BCUT2D eigenvalue weighted by Crippen LogP contribution is -2.28. The van der Waals surface area contributed by atoms with Gasteiger partial charge in [-0.05, 0) is 26.0 Å². The Bertz CT molecular complexity index is 933. The summed E-state index contributed by atoms with van der Waals surface area (Å²) in [6.45, 7) is 3.66. The number of aromatic nitrogens is 1. The highest BCUT2D eigenvalue weighted by atomic mass is 32.2. The van der Waals surface area contributed by atoms with Gasteiger partial charge in [0.2, 0.25) is 11.0 Å². The smallest absolute Gasteiger partial charge is 0.274 e. The molecule has 25 heavy (non-hydrogen) atoms. The number of anilines is 2. The zero-order chi connectivity index (χ0) is 17.6. The molecule has 1 fully saturated rings. The number of para-hydroxylation sites is 1. The Morgan fingerprint density at radius 2 is 1.88 bits per heavy atom. The minimum Gasteiger partial charge on any atom is -0.274 e. The lowest BCUT2D eigenvalue weighted by molar-refractivity contribution is -0.115. The fraction of sp³-hybridized carbons (Fsp3) is 0.176. The van der Waals surface area contributed by atoms with E-state index in [1.165, 1.54) is 28.1 Å². The summed E-state index contributed by atoms with van der Waals surface area (Å²) in [5.41, 5.74) is 2.66. The molecule has 6 nitrogen and oxygen atoms in total. The molecule has 126 valence electrons. The maximum absolute atomic E-state index is 13.0. The van der Waals surface area contributed by atoms with E-state index in [4.69, 9.17) is 0 Å². The van der Waals surface area contributed by atoms with Crippen LogP contribution >= 0.6 is 23.1 Å². The van der Waals surface area contributed by atoms with E-state index in [2.05, 4.69) is 10.1 Å². The third-order valence-electron chi connectivity index (χ3n) is 3.82. The van der Waals surface area contributed by atoms with E-state index in [0.717, 1.165) is 11.4 Å². The van der Waals surface area contributed by atoms with Crippen LogP contribution in [0.1, 0.15) is 12.6 Å². The number of nitrogens with zero attached hydrogens (tertiary/aromatic N) is 4. The molecule has 0 radical (unpaired) electrons. The first-order valence-electron chi connectivity index (χ1n) is 7.63. The van der Waals surface area contributed by atoms with Crippen molar-refractivity contribution in [2.75, 3.05) is 15.7 Å². The summed E-state index contributed by atoms with van der Waals surface area (Å²) in [6.07, 6.45) is 0. The summed E-state index contributed by atoms with van der Waals surface area (Å²) in [4.78, 5) is 31.3. The van der Waals surface area contributed by atoms with Crippen molar-refractivity contribution in [3.8, 4) is 0 Å². The molecule has 0 aliphatic carbocycles. The number of hydrogen-bond donors (Lipinski definition) is 0. The molecule has 2 aliphatic heterocycles. The number of benzene rings is 1. The van der Waals surface area contributed by atoms with E-state index < -0.39 is 0 Å². The second kappa shape index (κ2) is 6.12. The molecule has 2 amide bonds. The molecule has 1 saturated heterocycles. The highest BCUT2D eigenvalue weighted by molar-refractivity contribution is 8.04. The van der Waals surface area contributed by atoms with Crippen molar-refractivity contribution in [1.82, 2.24) is 4.98 Å². The predicted molar refractivity (Wildman–Crippen MR) is 101 cm³/mol. The van der Waals surface area contributed by atoms with Crippen molar-refractivity contribution < 1.29 is 9.59 Å². The number of carbonyl (C=O) groups excluding carboxylic acids is 2. The number of carbonyl (C=O) groups is 2. The minimum atomic E-state index is -0.245. The average Bonchev–Trinajstić information content (AvgIpc) is 3.26. The molecular formula is C17H14N4O2S2. The molecule has 8 heteroatoms. The molecule has 0 atom stereocenters. The Kier molecular flexibility index (Phi) is 3.93. The van der Waals surface area contributed by atoms with Crippen molar-refractivity contribution in [3.63, 3.8) is 0 Å². The van der Waals surface area contributed by atoms with Gasteiger partial charge in [0.25, 0.3) is 5.91 Å². The lowest BCUT2D eigenvalue weighted by atomic mass is 10.2. The molecule has 1 aromatic carbocycles. The lowest BCUT2D eigenvalue weighted by Gasteiger charge is -2.18. The number of aryl methyl sites for hydroxylation is 1. The third kappa shape index (κ3) is 2.67. The number of rotatable bonds is 2. The van der Waals surface area contributed by atoms with Crippen LogP contribution in [0, 0.1) is 6.92 Å². The SMILES string of the molecule is CC1=NN(c2nc(C)cs2)C(=O)/C1=C1\SCC(=O)N1c1ccccc1. The normalized spacial score (nSPS) is 20.6. The van der Waals surface area contributed by atoms with Crippen molar-refractivity contribution >= 4 is 51.4 Å². The van der Waals surface area contributed by atoms with Gasteiger partial charge in [0.15, 0.2) is 0 Å². The van der Waals surface area contributed by atoms with Crippen LogP contribution in [0.25, 0.3) is 0 Å². The van der Waals surface area contributed by atoms with Crippen LogP contribution in [0.4, 0.5) is 10.8 Å². The molecule has 0 bridgehead atoms. The Hall–Kier alpha value is -2.45. The Balaban J connectivity index is 1.78. The Morgan fingerprint density at radius 1 is 1.12 bits per heavy atom. The van der Waals surface area contributed by atoms with E-state index in [0.29, 0.717) is 27.2 Å². The first-order valence-corrected chi connectivity index (χ1v) is 9.50. The predicted octanol–water partition coefficient (Wildman–Crippen LogP) is 3.17. The van der Waals surface area contributed by atoms with Crippen LogP contribution in [0.15, 0.2) is 51.4 Å². The van der Waals surface area contributed by atoms with Gasteiger partial charge >= 0.3 is 0 Å². The zero-order valence-electron chi connectivity index (χ0n) is 13.6. The van der Waals surface area contributed by atoms with Crippen LogP contribution in [-0.2, 0) is 9.59 Å². The first-order chi connectivity index (χ1) is 12.1. The average molecular weight is 370 g/mol. The molecule has 0 spiro atoms. The maximum atomic E-state index is 13.0. The summed E-state index contributed by atoms with van der Waals surface area (Å²) in [5.74, 6) is 0.0257. The number of thioether (sulfide) groups is 1. The summed E-state index contributed by atoms with van der Waals surface area (Å²) >= 11 is 2.74. The van der Waals surface area contributed by atoms with Crippen molar-refractivity contribution in [3.05, 3.63) is 52.0 Å². The number of amides is 2. The molecule has 3 heterocycles. The van der Waals surface area contributed by atoms with E-state index >= 15 is 0 Å². The molecule has 0 saturated carbocycles. The van der Waals surface area contributed by atoms with Gasteiger partial charge in [0, 0.05) is 11.1 Å². The van der Waals surface area contributed by atoms with Gasteiger partial charge in [-0.1, -0.05) is 30.0 Å². The summed E-state index contributed by atoms with van der Waals surface area (Å²) in [7, 11) is 0. The van der Waals surface area contributed by atoms with Gasteiger partial charge in [-0.2, -0.15) is 10.1 Å². The van der Waals surface area contributed by atoms with Crippen LogP contribution < -0.4 is 9.91 Å². The number of thiazole rings is 1. The first kappa shape index (κ1) is 16.0. The fourth-order valence-corrected chi connectivity index (χ4v) is 4.57. The van der Waals surface area contributed by atoms with Gasteiger partial charge in [0.05, 0.1) is 27.8 Å². The van der Waals surface area contributed by atoms with Crippen molar-refractivity contribution in [2.24, 2.45) is 5.10 Å². The molecule has 0 N–H and O–H groups in total. The number of hydrogen-bond acceptors (Lipinski definition) is 6. The van der Waals surface area contributed by atoms with E-state index in [-0.39, 0.29) is 11.8 Å². The maximum Gasteiger partial charge on any atom is 0.285 e. The number of hydrazone groups is 1. The Morgan fingerprint density at radius 3 is 2.56 bits per heavy atom. The van der Waals surface area contributed by atoms with Crippen LogP contribution in [0.5, 0.6) is 0 Å². The molecule has 2 aliphatic rings. The quantitative estimate of drug-likeness (QED) is 0.762. The van der Waals surface area contributed by atoms with Crippen LogP contribution in [0.2, 0.25) is 0 Å². The van der Waals surface area contributed by atoms with E-state index in [9.17, 15) is 9.59 Å². The second-order valence-corrected chi connectivity index (χ2v) is 7.41. The Labute approximate surface area is 152 Å². The van der Waals surface area contributed by atoms with Crippen molar-refractivity contribution in [2.45, 2.75) is 13.8 Å². The second-order valence-electron chi connectivity index (χ2n) is 5.61. The zero-order valence-corrected chi connectivity index (χ0v) is 15.2. The van der Waals surface area contributed by atoms with Crippen LogP contribution in [0.3, 0.4) is 0 Å². The third-order valence-corrected chi connectivity index (χ3v) is 5.80. The summed E-state index contributed by atoms with van der Waals surface area (Å²) in [5, 5.41) is 8.75. The molecule has 0 unspecified atom stereocenters. The van der Waals surface area contributed by atoms with Crippen molar-refractivity contribution in [1.29, 1.82) is 0 Å². The molecule has 4 rings (SSSR count). The van der Waals surface area contributed by atoms with E-state index in [1.807, 2.05) is 42.6 Å². The highest BCUT2D eigenvalue weighted by Gasteiger charge is 2.39. The molecule has 1 aromatic heterocycles. The topological polar surface area (TPSA) is 65.9 Å².